The van der Waals surface area contributed by atoms with Crippen LogP contribution in [0.25, 0.3) is 0 Å². The Bertz CT molecular complexity index is 414. The Kier molecular flexibility index (Phi) is 5.63. The maximum atomic E-state index is 5.90. The van der Waals surface area contributed by atoms with Crippen LogP contribution >= 0.6 is 15.9 Å². The van der Waals surface area contributed by atoms with E-state index < -0.39 is 0 Å². The molecule has 2 N–H and O–H groups in total. The van der Waals surface area contributed by atoms with Gasteiger partial charge >= 0.3 is 0 Å². The van der Waals surface area contributed by atoms with Gasteiger partial charge in [0.25, 0.3) is 0 Å². The lowest BCUT2D eigenvalue weighted by Gasteiger charge is -2.30. The molecule has 19 heavy (non-hydrogen) atoms. The summed E-state index contributed by atoms with van der Waals surface area (Å²) in [5, 5.41) is 0. The molecule has 1 saturated heterocycles. The normalized spacial score (nSPS) is 20.5. The summed E-state index contributed by atoms with van der Waals surface area (Å²) in [6, 6.07) is 6.04. The van der Waals surface area contributed by atoms with E-state index in [2.05, 4.69) is 33.9 Å². The summed E-state index contributed by atoms with van der Waals surface area (Å²) >= 11 is 3.47. The largest absolute Gasteiger partial charge is 0.491 e. The molecule has 1 atom stereocenters. The molecule has 1 aromatic rings. The number of nitrogens with two attached hydrogens (primary N) is 1. The summed E-state index contributed by atoms with van der Waals surface area (Å²) in [6.45, 7) is 3.90. The molecule has 0 saturated carbocycles. The van der Waals surface area contributed by atoms with Gasteiger partial charge in [0.15, 0.2) is 0 Å². The molecule has 0 bridgehead atoms. The van der Waals surface area contributed by atoms with Crippen LogP contribution in [0.4, 0.5) is 0 Å². The highest BCUT2D eigenvalue weighted by molar-refractivity contribution is 9.10. The predicted molar refractivity (Wildman–Crippen MR) is 79.6 cm³/mol. The number of nitrogens with zero attached hydrogens (tertiary/aromatic N) is 1. The van der Waals surface area contributed by atoms with Gasteiger partial charge in [-0.15, -0.1) is 0 Å². The van der Waals surface area contributed by atoms with E-state index in [-0.39, 0.29) is 6.10 Å². The van der Waals surface area contributed by atoms with E-state index in [0.29, 0.717) is 13.2 Å². The number of hydrogen-bond acceptors (Lipinski definition) is 4. The fraction of sp³-hybridized carbons (Fsp3) is 0.571. The lowest BCUT2D eigenvalue weighted by molar-refractivity contribution is -0.0404. The van der Waals surface area contributed by atoms with E-state index in [9.17, 15) is 0 Å². The minimum Gasteiger partial charge on any atom is -0.491 e. The molecule has 1 unspecified atom stereocenters. The highest BCUT2D eigenvalue weighted by Gasteiger charge is 2.18. The molecular weight excluding hydrogens is 308 g/mol. The first kappa shape index (κ1) is 14.8. The molecular formula is C14H21BrN2O2. The molecule has 0 radical (unpaired) electrons. The van der Waals surface area contributed by atoms with Crippen molar-refractivity contribution < 1.29 is 9.47 Å². The zero-order chi connectivity index (χ0) is 13.7. The molecule has 106 valence electrons. The third kappa shape index (κ3) is 4.45. The minimum atomic E-state index is 0.146. The number of rotatable bonds is 5. The van der Waals surface area contributed by atoms with Crippen molar-refractivity contribution in [2.45, 2.75) is 12.5 Å². The Morgan fingerprint density at radius 3 is 3.11 bits per heavy atom. The zero-order valence-electron chi connectivity index (χ0n) is 11.3. The maximum absolute atomic E-state index is 5.90. The predicted octanol–water partition coefficient (Wildman–Crippen LogP) is 1.66. The van der Waals surface area contributed by atoms with Crippen LogP contribution in [-0.2, 0) is 11.2 Å². The van der Waals surface area contributed by atoms with Crippen LogP contribution in [-0.4, -0.2) is 50.9 Å². The van der Waals surface area contributed by atoms with E-state index in [4.69, 9.17) is 15.2 Å². The number of hydrogen-bond donors (Lipinski definition) is 1. The Morgan fingerprint density at radius 1 is 1.53 bits per heavy atom. The van der Waals surface area contributed by atoms with Crippen molar-refractivity contribution in [3.63, 3.8) is 0 Å². The highest BCUT2D eigenvalue weighted by atomic mass is 79.9. The van der Waals surface area contributed by atoms with Gasteiger partial charge in [-0.3, -0.25) is 0 Å². The molecule has 5 heteroatoms. The Labute approximate surface area is 123 Å². The van der Waals surface area contributed by atoms with Crippen LogP contribution in [0, 0.1) is 0 Å². The third-order valence-corrected chi connectivity index (χ3v) is 3.70. The van der Waals surface area contributed by atoms with Crippen LogP contribution in [0.1, 0.15) is 5.56 Å². The van der Waals surface area contributed by atoms with Crippen LogP contribution in [0.5, 0.6) is 5.75 Å². The van der Waals surface area contributed by atoms with Gasteiger partial charge in [-0.1, -0.05) is 15.9 Å². The fourth-order valence-corrected chi connectivity index (χ4v) is 2.60. The molecule has 0 aromatic heterocycles. The summed E-state index contributed by atoms with van der Waals surface area (Å²) in [5.41, 5.74) is 6.77. The monoisotopic (exact) mass is 328 g/mol. The molecule has 1 aliphatic heterocycles. The second-order valence-electron chi connectivity index (χ2n) is 4.86. The van der Waals surface area contributed by atoms with E-state index in [1.54, 1.807) is 0 Å². The zero-order valence-corrected chi connectivity index (χ0v) is 12.9. The third-order valence-electron chi connectivity index (χ3n) is 3.20. The van der Waals surface area contributed by atoms with E-state index in [1.807, 2.05) is 12.1 Å². The number of likely N-dealkylation sites (N-methyl/N-ethyl adjacent to an activating group) is 1. The SMILES string of the molecule is CN1CCOC(COc2ccc(Br)cc2CCN)C1. The van der Waals surface area contributed by atoms with Crippen LogP contribution < -0.4 is 10.5 Å². The molecule has 4 nitrogen and oxygen atoms in total. The average Bonchev–Trinajstić information content (AvgIpc) is 2.38. The van der Waals surface area contributed by atoms with Gasteiger partial charge in [0.1, 0.15) is 18.5 Å². The first-order chi connectivity index (χ1) is 9.19. The number of halogens is 1. The second kappa shape index (κ2) is 7.24. The summed E-state index contributed by atoms with van der Waals surface area (Å²) in [5.74, 6) is 0.908. The van der Waals surface area contributed by atoms with Crippen molar-refractivity contribution in [3.05, 3.63) is 28.2 Å². The van der Waals surface area contributed by atoms with Gasteiger partial charge < -0.3 is 20.1 Å². The van der Waals surface area contributed by atoms with Crippen LogP contribution in [0.2, 0.25) is 0 Å². The van der Waals surface area contributed by atoms with Gasteiger partial charge in [-0.25, -0.2) is 0 Å². The fourth-order valence-electron chi connectivity index (χ4n) is 2.19. The summed E-state index contributed by atoms with van der Waals surface area (Å²) in [4.78, 5) is 2.26. The number of morpholine rings is 1. The van der Waals surface area contributed by atoms with Crippen molar-refractivity contribution in [2.75, 3.05) is 39.9 Å². The van der Waals surface area contributed by atoms with E-state index in [0.717, 1.165) is 41.9 Å². The van der Waals surface area contributed by atoms with Crippen molar-refractivity contribution in [3.8, 4) is 5.75 Å². The van der Waals surface area contributed by atoms with E-state index in [1.165, 1.54) is 0 Å². The van der Waals surface area contributed by atoms with Crippen molar-refractivity contribution >= 4 is 15.9 Å². The molecule has 1 fully saturated rings. The molecule has 1 aliphatic rings. The minimum absolute atomic E-state index is 0.146. The number of benzene rings is 1. The Balaban J connectivity index is 1.94. The van der Waals surface area contributed by atoms with Gasteiger partial charge in [-0.05, 0) is 43.8 Å². The summed E-state index contributed by atoms with van der Waals surface area (Å²) in [6.07, 6.45) is 0.966. The lowest BCUT2D eigenvalue weighted by atomic mass is 10.1. The van der Waals surface area contributed by atoms with Gasteiger partial charge in [0.05, 0.1) is 6.61 Å². The average molecular weight is 329 g/mol. The van der Waals surface area contributed by atoms with Crippen molar-refractivity contribution in [2.24, 2.45) is 5.73 Å². The van der Waals surface area contributed by atoms with E-state index >= 15 is 0 Å². The Hall–Kier alpha value is -0.620. The Morgan fingerprint density at radius 2 is 2.37 bits per heavy atom. The number of ether oxygens (including phenoxy) is 2. The standard InChI is InChI=1S/C14H21BrN2O2/c1-17-6-7-18-13(9-17)10-19-14-3-2-12(15)8-11(14)4-5-16/h2-3,8,13H,4-7,9-10,16H2,1H3. The van der Waals surface area contributed by atoms with Gasteiger partial charge in [0, 0.05) is 17.6 Å². The van der Waals surface area contributed by atoms with Gasteiger partial charge in [-0.2, -0.15) is 0 Å². The topological polar surface area (TPSA) is 47.7 Å². The molecule has 0 aliphatic carbocycles. The van der Waals surface area contributed by atoms with Gasteiger partial charge in [0.2, 0.25) is 0 Å². The first-order valence-electron chi connectivity index (χ1n) is 6.60. The van der Waals surface area contributed by atoms with Crippen LogP contribution in [0.15, 0.2) is 22.7 Å². The maximum Gasteiger partial charge on any atom is 0.122 e. The summed E-state index contributed by atoms with van der Waals surface area (Å²) in [7, 11) is 2.11. The molecule has 0 spiro atoms. The smallest absolute Gasteiger partial charge is 0.122 e. The summed E-state index contributed by atoms with van der Waals surface area (Å²) < 4.78 is 12.7. The highest BCUT2D eigenvalue weighted by Crippen LogP contribution is 2.24. The lowest BCUT2D eigenvalue weighted by Crippen LogP contribution is -2.42. The molecule has 2 rings (SSSR count). The van der Waals surface area contributed by atoms with Crippen molar-refractivity contribution in [1.82, 2.24) is 4.90 Å². The van der Waals surface area contributed by atoms with Crippen molar-refractivity contribution in [1.29, 1.82) is 0 Å². The molecule has 1 aromatic carbocycles. The van der Waals surface area contributed by atoms with Crippen LogP contribution in [0.3, 0.4) is 0 Å². The molecule has 1 heterocycles. The quantitative estimate of drug-likeness (QED) is 0.893. The first-order valence-corrected chi connectivity index (χ1v) is 7.40. The molecule has 0 amide bonds. The second-order valence-corrected chi connectivity index (χ2v) is 5.77.